The maximum absolute atomic E-state index is 12.0. The van der Waals surface area contributed by atoms with Gasteiger partial charge in [-0.15, -0.1) is 5.10 Å². The van der Waals surface area contributed by atoms with E-state index in [-0.39, 0.29) is 11.9 Å². The van der Waals surface area contributed by atoms with Crippen LogP contribution in [-0.4, -0.2) is 16.1 Å². The van der Waals surface area contributed by atoms with Crippen LogP contribution in [-0.2, 0) is 17.6 Å². The number of benzene rings is 2. The van der Waals surface area contributed by atoms with Gasteiger partial charge >= 0.3 is 6.01 Å². The number of hydrogen-bond acceptors (Lipinski definition) is 4. The predicted octanol–water partition coefficient (Wildman–Crippen LogP) is 4.36. The molecule has 0 spiro atoms. The number of amides is 1. The molecule has 0 aliphatic heterocycles. The highest BCUT2D eigenvalue weighted by Gasteiger charge is 2.11. The van der Waals surface area contributed by atoms with Gasteiger partial charge in [0.1, 0.15) is 0 Å². The molecule has 5 nitrogen and oxygen atoms in total. The van der Waals surface area contributed by atoms with Gasteiger partial charge in [-0.2, -0.15) is 0 Å². The highest BCUT2D eigenvalue weighted by Crippen LogP contribution is 2.17. The summed E-state index contributed by atoms with van der Waals surface area (Å²) in [4.78, 5) is 12.0. The normalized spacial score (nSPS) is 10.9. The molecule has 26 heavy (non-hydrogen) atoms. The Bertz CT molecular complexity index is 839. The van der Waals surface area contributed by atoms with Crippen LogP contribution in [0.1, 0.15) is 48.8 Å². The lowest BCUT2D eigenvalue weighted by atomic mass is 10.0. The van der Waals surface area contributed by atoms with Crippen LogP contribution in [0.15, 0.2) is 59.0 Å². The van der Waals surface area contributed by atoms with Gasteiger partial charge in [-0.3, -0.25) is 10.1 Å². The molecule has 0 bridgehead atoms. The van der Waals surface area contributed by atoms with Crippen molar-refractivity contribution in [3.05, 3.63) is 77.2 Å². The SMILES string of the molecule is CC(C)c1ccc(Cc2nnc(NC(=O)CCc3ccccc3)o2)cc1. The quantitative estimate of drug-likeness (QED) is 0.688. The van der Waals surface area contributed by atoms with E-state index in [1.165, 1.54) is 5.56 Å². The minimum absolute atomic E-state index is 0.134. The molecule has 1 heterocycles. The van der Waals surface area contributed by atoms with Gasteiger partial charge in [-0.1, -0.05) is 73.5 Å². The molecule has 0 radical (unpaired) electrons. The topological polar surface area (TPSA) is 68.0 Å². The Morgan fingerprint density at radius 1 is 1.00 bits per heavy atom. The average molecular weight is 349 g/mol. The summed E-state index contributed by atoms with van der Waals surface area (Å²) in [5.41, 5.74) is 3.52. The standard InChI is InChI=1S/C21H23N3O2/c1-15(2)18-11-8-17(9-12-18)14-20-23-24-21(26-20)22-19(25)13-10-16-6-4-3-5-7-16/h3-9,11-12,15H,10,13-14H2,1-2H3,(H,22,24,25). The second-order valence-electron chi connectivity index (χ2n) is 6.61. The van der Waals surface area contributed by atoms with Crippen LogP contribution in [0.4, 0.5) is 6.01 Å². The van der Waals surface area contributed by atoms with Crippen LogP contribution in [0.2, 0.25) is 0 Å². The van der Waals surface area contributed by atoms with Crippen molar-refractivity contribution in [2.75, 3.05) is 5.32 Å². The molecule has 1 aromatic heterocycles. The van der Waals surface area contributed by atoms with Crippen molar-refractivity contribution in [3.8, 4) is 0 Å². The number of carbonyl (C=O) groups excluding carboxylic acids is 1. The third-order valence-corrected chi connectivity index (χ3v) is 4.20. The number of nitrogens with zero attached hydrogens (tertiary/aromatic N) is 2. The van der Waals surface area contributed by atoms with Crippen LogP contribution < -0.4 is 5.32 Å². The Balaban J connectivity index is 1.51. The van der Waals surface area contributed by atoms with Crippen LogP contribution in [0, 0.1) is 0 Å². The van der Waals surface area contributed by atoms with Crippen LogP contribution in [0.5, 0.6) is 0 Å². The number of hydrogen-bond donors (Lipinski definition) is 1. The summed E-state index contributed by atoms with van der Waals surface area (Å²) in [5.74, 6) is 0.858. The maximum Gasteiger partial charge on any atom is 0.322 e. The summed E-state index contributed by atoms with van der Waals surface area (Å²) in [6, 6.07) is 18.4. The maximum atomic E-state index is 12.0. The molecule has 0 saturated heterocycles. The van der Waals surface area contributed by atoms with E-state index in [0.717, 1.165) is 11.1 Å². The molecule has 0 aliphatic rings. The van der Waals surface area contributed by atoms with E-state index in [1.54, 1.807) is 0 Å². The van der Waals surface area contributed by atoms with E-state index in [4.69, 9.17) is 4.42 Å². The molecule has 2 aromatic carbocycles. The highest BCUT2D eigenvalue weighted by atomic mass is 16.4. The third-order valence-electron chi connectivity index (χ3n) is 4.20. The van der Waals surface area contributed by atoms with Gasteiger partial charge in [0.25, 0.3) is 0 Å². The number of carbonyl (C=O) groups is 1. The minimum atomic E-state index is -0.134. The van der Waals surface area contributed by atoms with Crippen LogP contribution in [0.3, 0.4) is 0 Å². The molecule has 3 rings (SSSR count). The smallest absolute Gasteiger partial charge is 0.322 e. The number of anilines is 1. The predicted molar refractivity (Wildman–Crippen MR) is 101 cm³/mol. The number of rotatable bonds is 7. The molecule has 5 heteroatoms. The zero-order valence-electron chi connectivity index (χ0n) is 15.1. The van der Waals surface area contributed by atoms with Crippen molar-refractivity contribution in [1.29, 1.82) is 0 Å². The van der Waals surface area contributed by atoms with Gasteiger partial charge in [0.05, 0.1) is 6.42 Å². The zero-order valence-corrected chi connectivity index (χ0v) is 15.1. The molecular formula is C21H23N3O2. The fraction of sp³-hybridized carbons (Fsp3) is 0.286. The second kappa shape index (κ2) is 8.43. The summed E-state index contributed by atoms with van der Waals surface area (Å²) < 4.78 is 5.53. The van der Waals surface area contributed by atoms with Crippen molar-refractivity contribution in [1.82, 2.24) is 10.2 Å². The fourth-order valence-electron chi connectivity index (χ4n) is 2.65. The van der Waals surface area contributed by atoms with Gasteiger partial charge in [-0.05, 0) is 29.0 Å². The Labute approximate surface area is 153 Å². The first kappa shape index (κ1) is 17.9. The van der Waals surface area contributed by atoms with Gasteiger partial charge in [0.2, 0.25) is 11.8 Å². The number of nitrogens with one attached hydrogen (secondary N) is 1. The fourth-order valence-corrected chi connectivity index (χ4v) is 2.65. The summed E-state index contributed by atoms with van der Waals surface area (Å²) in [6.07, 6.45) is 1.60. The van der Waals surface area contributed by atoms with E-state index >= 15 is 0 Å². The first-order chi connectivity index (χ1) is 12.6. The first-order valence-corrected chi connectivity index (χ1v) is 8.85. The van der Waals surface area contributed by atoms with Crippen molar-refractivity contribution >= 4 is 11.9 Å². The average Bonchev–Trinajstić information content (AvgIpc) is 3.08. The van der Waals surface area contributed by atoms with E-state index in [1.807, 2.05) is 30.3 Å². The molecule has 0 saturated carbocycles. The van der Waals surface area contributed by atoms with Crippen molar-refractivity contribution in [2.24, 2.45) is 0 Å². The number of aromatic nitrogens is 2. The third kappa shape index (κ3) is 5.02. The molecule has 0 unspecified atom stereocenters. The molecule has 1 N–H and O–H groups in total. The molecule has 0 fully saturated rings. The van der Waals surface area contributed by atoms with Crippen molar-refractivity contribution < 1.29 is 9.21 Å². The highest BCUT2D eigenvalue weighted by molar-refractivity contribution is 5.88. The van der Waals surface area contributed by atoms with Crippen molar-refractivity contribution in [3.63, 3.8) is 0 Å². The molecule has 134 valence electrons. The van der Waals surface area contributed by atoms with Gasteiger partial charge in [-0.25, -0.2) is 0 Å². The lowest BCUT2D eigenvalue weighted by Gasteiger charge is -2.05. The summed E-state index contributed by atoms with van der Waals surface area (Å²) in [6.45, 7) is 4.33. The lowest BCUT2D eigenvalue weighted by Crippen LogP contribution is -2.12. The number of aryl methyl sites for hydroxylation is 1. The van der Waals surface area contributed by atoms with E-state index in [2.05, 4.69) is 53.6 Å². The summed E-state index contributed by atoms with van der Waals surface area (Å²) >= 11 is 0. The van der Waals surface area contributed by atoms with Crippen molar-refractivity contribution in [2.45, 2.75) is 39.0 Å². The monoisotopic (exact) mass is 349 g/mol. The zero-order chi connectivity index (χ0) is 18.4. The second-order valence-corrected chi connectivity index (χ2v) is 6.61. The van der Waals surface area contributed by atoms with Crippen LogP contribution >= 0.6 is 0 Å². The van der Waals surface area contributed by atoms with Gasteiger partial charge in [0, 0.05) is 6.42 Å². The summed E-state index contributed by atoms with van der Waals surface area (Å²) in [7, 11) is 0. The van der Waals surface area contributed by atoms with E-state index in [9.17, 15) is 4.79 Å². The minimum Gasteiger partial charge on any atom is -0.407 e. The molecule has 3 aromatic rings. The Kier molecular flexibility index (Phi) is 5.79. The van der Waals surface area contributed by atoms with E-state index in [0.29, 0.717) is 31.1 Å². The van der Waals surface area contributed by atoms with Gasteiger partial charge in [0.15, 0.2) is 0 Å². The molecule has 1 amide bonds. The Morgan fingerprint density at radius 2 is 1.73 bits per heavy atom. The Hall–Kier alpha value is -2.95. The van der Waals surface area contributed by atoms with Crippen LogP contribution in [0.25, 0.3) is 0 Å². The largest absolute Gasteiger partial charge is 0.407 e. The Morgan fingerprint density at radius 3 is 2.42 bits per heavy atom. The first-order valence-electron chi connectivity index (χ1n) is 8.85. The molecule has 0 atom stereocenters. The summed E-state index contributed by atoms with van der Waals surface area (Å²) in [5, 5.41) is 10.6. The van der Waals surface area contributed by atoms with E-state index < -0.39 is 0 Å². The molecule has 0 aliphatic carbocycles. The molecular weight excluding hydrogens is 326 g/mol. The van der Waals surface area contributed by atoms with Gasteiger partial charge < -0.3 is 4.42 Å². The lowest BCUT2D eigenvalue weighted by molar-refractivity contribution is -0.116.